The summed E-state index contributed by atoms with van der Waals surface area (Å²) >= 11 is 0. The van der Waals surface area contributed by atoms with Crippen LogP contribution in [0.15, 0.2) is 36.9 Å². The molecule has 0 aliphatic carbocycles. The summed E-state index contributed by atoms with van der Waals surface area (Å²) in [4.78, 5) is 30.8. The Balaban J connectivity index is 1.49. The third-order valence-corrected chi connectivity index (χ3v) is 6.53. The van der Waals surface area contributed by atoms with Gasteiger partial charge in [0.2, 0.25) is 5.95 Å². The SMILES string of the molecule is COc1cc(Nc2ncc3c(n2)N(C)C2(CCOC2)C(=O)N3C(C)C)ccc1-n1cnc(C)c1. The Bertz CT molecular complexity index is 1230. The van der Waals surface area contributed by atoms with Crippen LogP contribution in [0, 0.1) is 6.92 Å². The van der Waals surface area contributed by atoms with Gasteiger partial charge in [-0.15, -0.1) is 0 Å². The molecule has 1 amide bonds. The molecule has 1 unspecified atom stereocenters. The van der Waals surface area contributed by atoms with E-state index in [1.54, 1.807) is 24.5 Å². The summed E-state index contributed by atoms with van der Waals surface area (Å²) in [6.45, 7) is 6.84. The topological polar surface area (TPSA) is 97.6 Å². The van der Waals surface area contributed by atoms with Gasteiger partial charge in [0.15, 0.2) is 5.82 Å². The molecule has 3 aromatic rings. The number of anilines is 4. The van der Waals surface area contributed by atoms with Crippen molar-refractivity contribution in [1.29, 1.82) is 0 Å². The Morgan fingerprint density at radius 1 is 1.24 bits per heavy atom. The van der Waals surface area contributed by atoms with E-state index in [-0.39, 0.29) is 11.9 Å². The number of likely N-dealkylation sites (N-methyl/N-ethyl adjacent to an activating group) is 1. The van der Waals surface area contributed by atoms with Crippen LogP contribution in [-0.2, 0) is 9.53 Å². The van der Waals surface area contributed by atoms with Gasteiger partial charge in [-0.05, 0) is 32.9 Å². The first kappa shape index (κ1) is 22.1. The number of carbonyl (C=O) groups excluding carboxylic acids is 1. The maximum atomic E-state index is 13.5. The molecule has 4 heterocycles. The monoisotopic (exact) mass is 463 g/mol. The zero-order valence-electron chi connectivity index (χ0n) is 20.1. The molecule has 0 saturated carbocycles. The number of imidazole rings is 1. The average molecular weight is 464 g/mol. The Kier molecular flexibility index (Phi) is 5.40. The number of methoxy groups -OCH3 is 1. The number of nitrogens with zero attached hydrogens (tertiary/aromatic N) is 6. The quantitative estimate of drug-likeness (QED) is 0.617. The van der Waals surface area contributed by atoms with Crippen molar-refractivity contribution >= 4 is 29.0 Å². The van der Waals surface area contributed by atoms with Gasteiger partial charge in [0.05, 0.1) is 37.6 Å². The summed E-state index contributed by atoms with van der Waals surface area (Å²) in [5.74, 6) is 1.87. The highest BCUT2D eigenvalue weighted by Gasteiger charge is 2.53. The van der Waals surface area contributed by atoms with E-state index in [2.05, 4.69) is 15.3 Å². The molecule has 1 fully saturated rings. The van der Waals surface area contributed by atoms with E-state index < -0.39 is 5.54 Å². The van der Waals surface area contributed by atoms with E-state index in [0.29, 0.717) is 42.8 Å². The minimum absolute atomic E-state index is 0.0246. The Morgan fingerprint density at radius 2 is 2.06 bits per heavy atom. The first-order chi connectivity index (χ1) is 16.3. The highest BCUT2D eigenvalue weighted by molar-refractivity contribution is 6.08. The molecule has 34 heavy (non-hydrogen) atoms. The van der Waals surface area contributed by atoms with Gasteiger partial charge in [-0.1, -0.05) is 0 Å². The zero-order chi connectivity index (χ0) is 24.0. The second-order valence-corrected chi connectivity index (χ2v) is 9.00. The first-order valence-corrected chi connectivity index (χ1v) is 11.3. The molecule has 2 aromatic heterocycles. The molecule has 1 spiro atoms. The molecular weight excluding hydrogens is 434 g/mol. The maximum Gasteiger partial charge on any atom is 0.255 e. The molecule has 0 radical (unpaired) electrons. The normalized spacial score (nSPS) is 19.8. The van der Waals surface area contributed by atoms with E-state index in [9.17, 15) is 4.79 Å². The van der Waals surface area contributed by atoms with Gasteiger partial charge in [-0.3, -0.25) is 4.79 Å². The first-order valence-electron chi connectivity index (χ1n) is 11.3. The predicted molar refractivity (Wildman–Crippen MR) is 129 cm³/mol. The summed E-state index contributed by atoms with van der Waals surface area (Å²) < 4.78 is 13.2. The summed E-state index contributed by atoms with van der Waals surface area (Å²) in [5.41, 5.74) is 2.56. The van der Waals surface area contributed by atoms with Gasteiger partial charge < -0.3 is 29.2 Å². The van der Waals surface area contributed by atoms with E-state index in [0.717, 1.165) is 17.1 Å². The Labute approximate surface area is 198 Å². The lowest BCUT2D eigenvalue weighted by atomic mass is 9.91. The molecule has 2 aliphatic heterocycles. The zero-order valence-corrected chi connectivity index (χ0v) is 20.1. The molecule has 10 nitrogen and oxygen atoms in total. The number of carbonyl (C=O) groups is 1. The largest absolute Gasteiger partial charge is 0.494 e. The number of hydrogen-bond acceptors (Lipinski definition) is 8. The molecule has 1 aromatic carbocycles. The Hall–Kier alpha value is -3.66. The van der Waals surface area contributed by atoms with Gasteiger partial charge >= 0.3 is 0 Å². The standard InChI is InChI=1S/C24H29N7O3/c1-15(2)31-19-11-25-23(28-21(19)29(4)24(22(31)32)8-9-34-13-24)27-17-6-7-18(20(10-17)33-5)30-12-16(3)26-14-30/h6-7,10-12,14-15H,8-9,13H2,1-5H3,(H,25,27,28). The molecule has 2 aliphatic rings. The number of aromatic nitrogens is 4. The van der Waals surface area contributed by atoms with Crippen LogP contribution in [0.4, 0.5) is 23.1 Å². The smallest absolute Gasteiger partial charge is 0.255 e. The summed E-state index contributed by atoms with van der Waals surface area (Å²) in [5, 5.41) is 3.28. The summed E-state index contributed by atoms with van der Waals surface area (Å²) in [6, 6.07) is 5.77. The fourth-order valence-corrected chi connectivity index (χ4v) is 4.67. The van der Waals surface area contributed by atoms with Crippen molar-refractivity contribution in [2.45, 2.75) is 38.8 Å². The van der Waals surface area contributed by atoms with Gasteiger partial charge in [0, 0.05) is 44.1 Å². The second kappa shape index (κ2) is 8.28. The molecule has 0 bridgehead atoms. The number of nitrogens with one attached hydrogen (secondary N) is 1. The van der Waals surface area contributed by atoms with Crippen LogP contribution in [0.2, 0.25) is 0 Å². The van der Waals surface area contributed by atoms with Crippen LogP contribution in [0.3, 0.4) is 0 Å². The highest BCUT2D eigenvalue weighted by atomic mass is 16.5. The number of aryl methyl sites for hydroxylation is 1. The van der Waals surface area contributed by atoms with Crippen LogP contribution >= 0.6 is 0 Å². The van der Waals surface area contributed by atoms with Crippen LogP contribution < -0.4 is 19.9 Å². The lowest BCUT2D eigenvalue weighted by Gasteiger charge is -2.47. The van der Waals surface area contributed by atoms with Crippen LogP contribution in [-0.4, -0.2) is 64.4 Å². The van der Waals surface area contributed by atoms with Crippen LogP contribution in [0.5, 0.6) is 5.75 Å². The number of ether oxygens (including phenoxy) is 2. The van der Waals surface area contributed by atoms with Crippen LogP contribution in [0.1, 0.15) is 26.0 Å². The van der Waals surface area contributed by atoms with Crippen molar-refractivity contribution in [3.8, 4) is 11.4 Å². The molecule has 1 saturated heterocycles. The number of rotatable bonds is 5. The average Bonchev–Trinajstić information content (AvgIpc) is 3.48. The fourth-order valence-electron chi connectivity index (χ4n) is 4.67. The van der Waals surface area contributed by atoms with E-state index in [1.165, 1.54) is 0 Å². The van der Waals surface area contributed by atoms with E-state index in [4.69, 9.17) is 14.5 Å². The van der Waals surface area contributed by atoms with Crippen molar-refractivity contribution in [2.75, 3.05) is 42.5 Å². The third kappa shape index (κ3) is 3.45. The van der Waals surface area contributed by atoms with E-state index >= 15 is 0 Å². The highest BCUT2D eigenvalue weighted by Crippen LogP contribution is 2.43. The van der Waals surface area contributed by atoms with Gasteiger partial charge in [0.1, 0.15) is 17.0 Å². The van der Waals surface area contributed by atoms with Crippen LogP contribution in [0.25, 0.3) is 5.69 Å². The number of benzene rings is 1. The molecular formula is C24H29N7O3. The predicted octanol–water partition coefficient (Wildman–Crippen LogP) is 3.07. The maximum absolute atomic E-state index is 13.5. The molecule has 5 rings (SSSR count). The van der Waals surface area contributed by atoms with Gasteiger partial charge in [0.25, 0.3) is 5.91 Å². The summed E-state index contributed by atoms with van der Waals surface area (Å²) in [7, 11) is 3.54. The molecule has 10 heteroatoms. The van der Waals surface area contributed by atoms with Gasteiger partial charge in [-0.2, -0.15) is 4.98 Å². The molecule has 178 valence electrons. The van der Waals surface area contributed by atoms with Crippen molar-refractivity contribution in [1.82, 2.24) is 19.5 Å². The minimum atomic E-state index is -0.739. The lowest BCUT2D eigenvalue weighted by Crippen LogP contribution is -2.64. The molecule has 1 N–H and O–H groups in total. The minimum Gasteiger partial charge on any atom is -0.494 e. The second-order valence-electron chi connectivity index (χ2n) is 9.00. The fraction of sp³-hybridized carbons (Fsp3) is 0.417. The van der Waals surface area contributed by atoms with Gasteiger partial charge in [-0.25, -0.2) is 9.97 Å². The number of amides is 1. The van der Waals surface area contributed by atoms with Crippen molar-refractivity contribution in [3.63, 3.8) is 0 Å². The summed E-state index contributed by atoms with van der Waals surface area (Å²) in [6.07, 6.45) is 6.04. The van der Waals surface area contributed by atoms with Crippen molar-refractivity contribution in [3.05, 3.63) is 42.6 Å². The van der Waals surface area contributed by atoms with Crippen molar-refractivity contribution in [2.24, 2.45) is 0 Å². The number of fused-ring (bicyclic) bond motifs is 1. The Morgan fingerprint density at radius 3 is 2.71 bits per heavy atom. The lowest BCUT2D eigenvalue weighted by molar-refractivity contribution is -0.124. The van der Waals surface area contributed by atoms with E-state index in [1.807, 2.05) is 61.7 Å². The molecule has 1 atom stereocenters. The third-order valence-electron chi connectivity index (χ3n) is 6.53. The number of hydrogen-bond donors (Lipinski definition) is 1. The van der Waals surface area contributed by atoms with Crippen molar-refractivity contribution < 1.29 is 14.3 Å².